The van der Waals surface area contributed by atoms with Gasteiger partial charge < -0.3 is 10.0 Å². The summed E-state index contributed by atoms with van der Waals surface area (Å²) in [6.07, 6.45) is 2.43. The second-order valence-corrected chi connectivity index (χ2v) is 3.43. The molecule has 6 nitrogen and oxygen atoms in total. The molecule has 2 rings (SSSR count). The molecule has 1 aliphatic rings. The minimum Gasteiger partial charge on any atom is -0.478 e. The van der Waals surface area contributed by atoms with Crippen LogP contribution in [0.15, 0.2) is 18.5 Å². The first-order valence-electron chi connectivity index (χ1n) is 4.58. The average Bonchev–Trinajstić information content (AvgIpc) is 2.58. The number of aromatic nitrogens is 1. The number of carbonyl (C=O) groups excluding carboxylic acids is 2. The van der Waals surface area contributed by atoms with Gasteiger partial charge in [0.05, 0.1) is 30.4 Å². The Bertz CT molecular complexity index is 483. The van der Waals surface area contributed by atoms with Crippen molar-refractivity contribution < 1.29 is 19.5 Å². The van der Waals surface area contributed by atoms with Crippen LogP contribution in [-0.2, 0) is 9.59 Å². The standard InChI is InChI=1S/C10H8N2O4/c13-8-2-9(14)12(5-8)7-1-6(10(15)16)3-11-4-7/h1,3-4H,2,5H2,(H,15,16). The number of carboxylic acid groups (broad SMARTS) is 1. The summed E-state index contributed by atoms with van der Waals surface area (Å²) < 4.78 is 0. The van der Waals surface area contributed by atoms with Crippen molar-refractivity contribution in [2.45, 2.75) is 6.42 Å². The molecule has 0 radical (unpaired) electrons. The number of rotatable bonds is 2. The van der Waals surface area contributed by atoms with E-state index in [0.717, 1.165) is 0 Å². The molecule has 0 aromatic carbocycles. The zero-order chi connectivity index (χ0) is 11.7. The maximum Gasteiger partial charge on any atom is 0.337 e. The lowest BCUT2D eigenvalue weighted by molar-refractivity contribution is -0.121. The number of anilines is 1. The summed E-state index contributed by atoms with van der Waals surface area (Å²) in [5.41, 5.74) is 0.334. The maximum atomic E-state index is 11.4. The Morgan fingerprint density at radius 2 is 2.12 bits per heavy atom. The van der Waals surface area contributed by atoms with E-state index in [9.17, 15) is 14.4 Å². The van der Waals surface area contributed by atoms with Crippen molar-refractivity contribution in [1.82, 2.24) is 4.98 Å². The number of pyridine rings is 1. The molecule has 1 aromatic rings. The highest BCUT2D eigenvalue weighted by atomic mass is 16.4. The summed E-state index contributed by atoms with van der Waals surface area (Å²) in [4.78, 5) is 38.1. The summed E-state index contributed by atoms with van der Waals surface area (Å²) in [5.74, 6) is -1.62. The molecule has 1 aromatic heterocycles. The largest absolute Gasteiger partial charge is 0.478 e. The molecule has 6 heteroatoms. The number of nitrogens with zero attached hydrogens (tertiary/aromatic N) is 2. The molecule has 0 bridgehead atoms. The molecule has 16 heavy (non-hydrogen) atoms. The number of aromatic carboxylic acids is 1. The Kier molecular flexibility index (Phi) is 2.40. The van der Waals surface area contributed by atoms with Crippen molar-refractivity contribution in [2.75, 3.05) is 11.4 Å². The Balaban J connectivity index is 2.34. The first kappa shape index (κ1) is 10.3. The zero-order valence-electron chi connectivity index (χ0n) is 8.21. The summed E-state index contributed by atoms with van der Waals surface area (Å²) in [6, 6.07) is 1.33. The molecule has 1 aliphatic heterocycles. The molecule has 1 amide bonds. The smallest absolute Gasteiger partial charge is 0.337 e. The van der Waals surface area contributed by atoms with Gasteiger partial charge in [-0.15, -0.1) is 0 Å². The van der Waals surface area contributed by atoms with E-state index in [4.69, 9.17) is 5.11 Å². The molecule has 0 unspecified atom stereocenters. The van der Waals surface area contributed by atoms with Gasteiger partial charge in [-0.2, -0.15) is 0 Å². The van der Waals surface area contributed by atoms with Crippen LogP contribution in [0.5, 0.6) is 0 Å². The van der Waals surface area contributed by atoms with Crippen molar-refractivity contribution in [1.29, 1.82) is 0 Å². The number of hydrogen-bond donors (Lipinski definition) is 1. The molecule has 0 aliphatic carbocycles. The first-order chi connectivity index (χ1) is 7.58. The van der Waals surface area contributed by atoms with Gasteiger partial charge in [0.1, 0.15) is 0 Å². The van der Waals surface area contributed by atoms with Gasteiger partial charge in [0, 0.05) is 6.20 Å². The van der Waals surface area contributed by atoms with Crippen LogP contribution in [-0.4, -0.2) is 34.3 Å². The highest BCUT2D eigenvalue weighted by Crippen LogP contribution is 2.19. The zero-order valence-corrected chi connectivity index (χ0v) is 8.21. The van der Waals surface area contributed by atoms with Crippen molar-refractivity contribution in [2.24, 2.45) is 0 Å². The van der Waals surface area contributed by atoms with E-state index in [1.54, 1.807) is 0 Å². The lowest BCUT2D eigenvalue weighted by Gasteiger charge is -2.14. The number of carbonyl (C=O) groups is 3. The highest BCUT2D eigenvalue weighted by Gasteiger charge is 2.29. The molecule has 82 valence electrons. The van der Waals surface area contributed by atoms with Gasteiger partial charge in [-0.25, -0.2) is 4.79 Å². The van der Waals surface area contributed by atoms with Crippen LogP contribution >= 0.6 is 0 Å². The molecule has 1 fully saturated rings. The van der Waals surface area contributed by atoms with Crippen LogP contribution in [0.3, 0.4) is 0 Å². The summed E-state index contributed by atoms with van der Waals surface area (Å²) >= 11 is 0. The van der Waals surface area contributed by atoms with E-state index < -0.39 is 5.97 Å². The number of amides is 1. The third kappa shape index (κ3) is 1.77. The molecule has 1 saturated heterocycles. The van der Waals surface area contributed by atoms with Gasteiger partial charge in [0.2, 0.25) is 5.91 Å². The SMILES string of the molecule is O=C1CC(=O)N(c2cncc(C(=O)O)c2)C1. The Labute approximate surface area is 90.5 Å². The Hall–Kier alpha value is -2.24. The lowest BCUT2D eigenvalue weighted by atomic mass is 10.2. The van der Waals surface area contributed by atoms with Crippen LogP contribution < -0.4 is 4.90 Å². The molecule has 0 spiro atoms. The van der Waals surface area contributed by atoms with E-state index >= 15 is 0 Å². The highest BCUT2D eigenvalue weighted by molar-refractivity contribution is 6.15. The fourth-order valence-corrected chi connectivity index (χ4v) is 1.51. The van der Waals surface area contributed by atoms with Gasteiger partial charge in [0.25, 0.3) is 0 Å². The van der Waals surface area contributed by atoms with Gasteiger partial charge in [-0.1, -0.05) is 0 Å². The van der Waals surface area contributed by atoms with Crippen molar-refractivity contribution in [3.8, 4) is 0 Å². The predicted molar refractivity (Wildman–Crippen MR) is 53.2 cm³/mol. The van der Waals surface area contributed by atoms with Gasteiger partial charge >= 0.3 is 5.97 Å². The first-order valence-corrected chi connectivity index (χ1v) is 4.58. The van der Waals surface area contributed by atoms with Crippen LogP contribution in [0.1, 0.15) is 16.8 Å². The van der Waals surface area contributed by atoms with Gasteiger partial charge in [0.15, 0.2) is 5.78 Å². The molecular formula is C10H8N2O4. The van der Waals surface area contributed by atoms with E-state index in [1.807, 2.05) is 0 Å². The molecule has 2 heterocycles. The van der Waals surface area contributed by atoms with Crippen LogP contribution in [0.25, 0.3) is 0 Å². The number of ketones is 1. The molecular weight excluding hydrogens is 212 g/mol. The minimum absolute atomic E-state index is 0.00958. The van der Waals surface area contributed by atoms with Crippen molar-refractivity contribution >= 4 is 23.3 Å². The third-order valence-electron chi connectivity index (χ3n) is 2.27. The second-order valence-electron chi connectivity index (χ2n) is 3.43. The van der Waals surface area contributed by atoms with E-state index in [1.165, 1.54) is 23.4 Å². The maximum absolute atomic E-state index is 11.4. The number of Topliss-reactive ketones (excluding diaryl/α,β-unsaturated/α-hetero) is 1. The normalized spacial score (nSPS) is 15.6. The van der Waals surface area contributed by atoms with E-state index in [2.05, 4.69) is 4.98 Å². The molecule has 1 N–H and O–H groups in total. The summed E-state index contributed by atoms with van der Waals surface area (Å²) in [6.45, 7) is -0.0103. The number of hydrogen-bond acceptors (Lipinski definition) is 4. The van der Waals surface area contributed by atoms with Crippen molar-refractivity contribution in [3.63, 3.8) is 0 Å². The predicted octanol–water partition coefficient (Wildman–Crippen LogP) is 0.0856. The van der Waals surface area contributed by atoms with Crippen molar-refractivity contribution in [3.05, 3.63) is 24.0 Å². The summed E-state index contributed by atoms with van der Waals surface area (Å²) in [7, 11) is 0. The Morgan fingerprint density at radius 1 is 1.38 bits per heavy atom. The summed E-state index contributed by atoms with van der Waals surface area (Å²) in [5, 5.41) is 8.76. The van der Waals surface area contributed by atoms with Crippen LogP contribution in [0.2, 0.25) is 0 Å². The lowest BCUT2D eigenvalue weighted by Crippen LogP contribution is -2.24. The Morgan fingerprint density at radius 3 is 2.69 bits per heavy atom. The third-order valence-corrected chi connectivity index (χ3v) is 2.27. The van der Waals surface area contributed by atoms with Crippen LogP contribution in [0, 0.1) is 0 Å². The van der Waals surface area contributed by atoms with Gasteiger partial charge in [-0.3, -0.25) is 14.6 Å². The fraction of sp³-hybridized carbons (Fsp3) is 0.200. The average molecular weight is 220 g/mol. The molecule has 0 saturated carbocycles. The minimum atomic E-state index is -1.12. The van der Waals surface area contributed by atoms with Crippen LogP contribution in [0.4, 0.5) is 5.69 Å². The monoisotopic (exact) mass is 220 g/mol. The fourth-order valence-electron chi connectivity index (χ4n) is 1.51. The number of carboxylic acids is 1. The van der Waals surface area contributed by atoms with E-state index in [-0.39, 0.29) is 30.2 Å². The second kappa shape index (κ2) is 3.73. The topological polar surface area (TPSA) is 87.6 Å². The van der Waals surface area contributed by atoms with Gasteiger partial charge in [-0.05, 0) is 6.07 Å². The molecule has 0 atom stereocenters. The van der Waals surface area contributed by atoms with E-state index in [0.29, 0.717) is 5.69 Å². The quantitative estimate of drug-likeness (QED) is 0.713.